The second-order valence-corrected chi connectivity index (χ2v) is 18.4. The first-order chi connectivity index (χ1) is 33.5. The molecule has 0 spiro atoms. The molecule has 0 saturated heterocycles. The monoisotopic (exact) mass is 873 g/mol. The van der Waals surface area contributed by atoms with Gasteiger partial charge in [-0.1, -0.05) is 141 Å². The molecule has 1 aliphatic rings. The molecular formula is C63H43N3O2. The van der Waals surface area contributed by atoms with Gasteiger partial charge in [0.2, 0.25) is 0 Å². The Bertz CT molecular complexity index is 4020. The number of hydrogen-bond donors (Lipinski definition) is 0. The third-order valence-corrected chi connectivity index (χ3v) is 14.3. The Hall–Kier alpha value is -8.80. The second kappa shape index (κ2) is 14.6. The summed E-state index contributed by atoms with van der Waals surface area (Å²) in [6.45, 7) is 4.79. The van der Waals surface area contributed by atoms with Crippen LogP contribution in [0.1, 0.15) is 25.0 Å². The molecule has 10 aromatic carbocycles. The Morgan fingerprint density at radius 2 is 0.824 bits per heavy atom. The van der Waals surface area contributed by atoms with Crippen LogP contribution in [0, 0.1) is 0 Å². The standard InChI is InChI=1S/C63H43N3O2/c1-63(2)49-36-48-51(37-47(49)57-50(63)38-53(61-59(57)45-32-18-20-34-55(45)67-61)64(40-22-8-3-9-23-40)41-24-10-4-11-25-41)66(44-30-16-7-17-31-44)52-39-54(62-60(58(48)52)46-33-19-21-35-56(46)68-62)65(42-26-12-5-13-27-42)43-28-14-6-15-29-43/h3-39H,1-2H3. The number of nitrogens with zero attached hydrogens (tertiary/aromatic N) is 3. The van der Waals surface area contributed by atoms with E-state index in [9.17, 15) is 0 Å². The molecule has 0 radical (unpaired) electrons. The van der Waals surface area contributed by atoms with Gasteiger partial charge in [-0.2, -0.15) is 0 Å². The van der Waals surface area contributed by atoms with Crippen LogP contribution in [0.5, 0.6) is 0 Å². The minimum atomic E-state index is -0.394. The summed E-state index contributed by atoms with van der Waals surface area (Å²) in [6, 6.07) is 80.1. The van der Waals surface area contributed by atoms with E-state index in [-0.39, 0.29) is 0 Å². The van der Waals surface area contributed by atoms with Crippen molar-refractivity contribution in [1.29, 1.82) is 0 Å². The van der Waals surface area contributed by atoms with Gasteiger partial charge in [0.1, 0.15) is 11.2 Å². The number of aromatic nitrogens is 1. The van der Waals surface area contributed by atoms with Crippen LogP contribution >= 0.6 is 0 Å². The Morgan fingerprint density at radius 3 is 1.35 bits per heavy atom. The lowest BCUT2D eigenvalue weighted by molar-refractivity contribution is 0.657. The van der Waals surface area contributed by atoms with Crippen molar-refractivity contribution in [3.8, 4) is 16.8 Å². The van der Waals surface area contributed by atoms with Crippen LogP contribution in [-0.2, 0) is 5.41 Å². The van der Waals surface area contributed by atoms with E-state index in [1.54, 1.807) is 0 Å². The number of benzene rings is 10. The van der Waals surface area contributed by atoms with Gasteiger partial charge < -0.3 is 23.2 Å². The zero-order valence-electron chi connectivity index (χ0n) is 37.5. The lowest BCUT2D eigenvalue weighted by atomic mass is 9.81. The molecule has 0 bridgehead atoms. The number of rotatable bonds is 7. The molecule has 13 aromatic rings. The van der Waals surface area contributed by atoms with Crippen molar-refractivity contribution in [1.82, 2.24) is 4.57 Å². The maximum atomic E-state index is 7.09. The molecule has 3 heterocycles. The fourth-order valence-corrected chi connectivity index (χ4v) is 11.3. The Kier molecular flexibility index (Phi) is 8.26. The van der Waals surface area contributed by atoms with Crippen molar-refractivity contribution in [2.24, 2.45) is 0 Å². The largest absolute Gasteiger partial charge is 0.454 e. The Labute approximate surface area is 392 Å². The molecule has 0 amide bonds. The Morgan fingerprint density at radius 1 is 0.382 bits per heavy atom. The maximum Gasteiger partial charge on any atom is 0.160 e. The number of anilines is 6. The van der Waals surface area contributed by atoms with Crippen molar-refractivity contribution < 1.29 is 8.83 Å². The van der Waals surface area contributed by atoms with Crippen molar-refractivity contribution >= 4 is 99.8 Å². The fourth-order valence-electron chi connectivity index (χ4n) is 11.3. The molecule has 0 aliphatic heterocycles. The van der Waals surface area contributed by atoms with E-state index in [2.05, 4.69) is 253 Å². The van der Waals surface area contributed by atoms with Crippen LogP contribution in [0.25, 0.3) is 82.5 Å². The summed E-state index contributed by atoms with van der Waals surface area (Å²) in [7, 11) is 0. The van der Waals surface area contributed by atoms with Gasteiger partial charge in [0.15, 0.2) is 11.2 Å². The zero-order chi connectivity index (χ0) is 45.1. The summed E-state index contributed by atoms with van der Waals surface area (Å²) in [5.41, 5.74) is 17.6. The van der Waals surface area contributed by atoms with Crippen molar-refractivity contribution in [3.05, 3.63) is 236 Å². The molecular weight excluding hydrogens is 831 g/mol. The summed E-state index contributed by atoms with van der Waals surface area (Å²) in [5, 5.41) is 6.77. The van der Waals surface area contributed by atoms with Gasteiger partial charge in [-0.3, -0.25) is 0 Å². The van der Waals surface area contributed by atoms with Gasteiger partial charge in [-0.25, -0.2) is 0 Å². The minimum absolute atomic E-state index is 0.394. The number of hydrogen-bond acceptors (Lipinski definition) is 4. The number of fused-ring (bicyclic) bond motifs is 14. The number of furan rings is 2. The highest BCUT2D eigenvalue weighted by Gasteiger charge is 2.41. The molecule has 5 heteroatoms. The molecule has 0 fully saturated rings. The van der Waals surface area contributed by atoms with E-state index in [4.69, 9.17) is 8.83 Å². The van der Waals surface area contributed by atoms with Crippen LogP contribution in [0.4, 0.5) is 34.1 Å². The maximum absolute atomic E-state index is 7.09. The van der Waals surface area contributed by atoms with E-state index >= 15 is 0 Å². The molecule has 14 rings (SSSR count). The Balaban J connectivity index is 1.13. The average molecular weight is 874 g/mol. The number of para-hydroxylation sites is 7. The third-order valence-electron chi connectivity index (χ3n) is 14.3. The summed E-state index contributed by atoms with van der Waals surface area (Å²) >= 11 is 0. The quantitative estimate of drug-likeness (QED) is 0.160. The first kappa shape index (κ1) is 38.5. The molecule has 322 valence electrons. The predicted octanol–water partition coefficient (Wildman–Crippen LogP) is 17.8. The van der Waals surface area contributed by atoms with Gasteiger partial charge in [0.05, 0.1) is 22.4 Å². The van der Waals surface area contributed by atoms with Crippen molar-refractivity contribution in [3.63, 3.8) is 0 Å². The lowest BCUT2D eigenvalue weighted by Crippen LogP contribution is -2.17. The molecule has 1 aliphatic carbocycles. The first-order valence-electron chi connectivity index (χ1n) is 23.3. The van der Waals surface area contributed by atoms with Gasteiger partial charge in [0.25, 0.3) is 0 Å². The highest BCUT2D eigenvalue weighted by Crippen LogP contribution is 2.58. The van der Waals surface area contributed by atoms with E-state index in [1.807, 2.05) is 0 Å². The summed E-state index contributed by atoms with van der Waals surface area (Å²) in [6.07, 6.45) is 0. The van der Waals surface area contributed by atoms with Gasteiger partial charge in [-0.05, 0) is 119 Å². The third kappa shape index (κ3) is 5.50. The topological polar surface area (TPSA) is 37.7 Å². The average Bonchev–Trinajstić information content (AvgIpc) is 4.12. The van der Waals surface area contributed by atoms with Crippen LogP contribution in [0.15, 0.2) is 233 Å². The molecule has 0 unspecified atom stereocenters. The van der Waals surface area contributed by atoms with Crippen molar-refractivity contribution in [2.45, 2.75) is 19.3 Å². The highest BCUT2D eigenvalue weighted by molar-refractivity contribution is 6.31. The van der Waals surface area contributed by atoms with E-state index in [0.29, 0.717) is 0 Å². The van der Waals surface area contributed by atoms with Crippen molar-refractivity contribution in [2.75, 3.05) is 9.80 Å². The minimum Gasteiger partial charge on any atom is -0.454 e. The summed E-state index contributed by atoms with van der Waals surface area (Å²) in [5.74, 6) is 0. The van der Waals surface area contributed by atoms with E-state index in [1.165, 1.54) is 33.0 Å². The van der Waals surface area contributed by atoms with E-state index in [0.717, 1.165) is 94.7 Å². The smallest absolute Gasteiger partial charge is 0.160 e. The van der Waals surface area contributed by atoms with Crippen LogP contribution < -0.4 is 9.80 Å². The van der Waals surface area contributed by atoms with Crippen LogP contribution in [0.3, 0.4) is 0 Å². The SMILES string of the molecule is CC1(C)c2cc3c4c5c(oc6ccccc65)c(N(c5ccccc5)c5ccccc5)cc4n(-c4ccccc4)c3cc2-c2c1cc(N(c1ccccc1)c1ccccc1)c1oc3ccccc3c21. The van der Waals surface area contributed by atoms with Gasteiger partial charge in [0, 0.05) is 66.2 Å². The fraction of sp³-hybridized carbons (Fsp3) is 0.0476. The molecule has 5 nitrogen and oxygen atoms in total. The molecule has 0 saturated carbocycles. The molecule has 0 atom stereocenters. The lowest BCUT2D eigenvalue weighted by Gasteiger charge is -2.28. The van der Waals surface area contributed by atoms with E-state index < -0.39 is 5.41 Å². The predicted molar refractivity (Wildman–Crippen MR) is 282 cm³/mol. The molecule has 3 aromatic heterocycles. The summed E-state index contributed by atoms with van der Waals surface area (Å²) < 4.78 is 16.6. The van der Waals surface area contributed by atoms with Gasteiger partial charge >= 0.3 is 0 Å². The normalized spacial score (nSPS) is 13.0. The van der Waals surface area contributed by atoms with Crippen LogP contribution in [-0.4, -0.2) is 4.57 Å². The first-order valence-corrected chi connectivity index (χ1v) is 23.3. The summed E-state index contributed by atoms with van der Waals surface area (Å²) in [4.78, 5) is 4.69. The van der Waals surface area contributed by atoms with Crippen LogP contribution in [0.2, 0.25) is 0 Å². The second-order valence-electron chi connectivity index (χ2n) is 18.4. The highest BCUT2D eigenvalue weighted by atomic mass is 16.3. The van der Waals surface area contributed by atoms with Gasteiger partial charge in [-0.15, -0.1) is 0 Å². The molecule has 68 heavy (non-hydrogen) atoms. The molecule has 0 N–H and O–H groups in total. The zero-order valence-corrected chi connectivity index (χ0v) is 37.5.